The Morgan fingerprint density at radius 3 is 2.75 bits per heavy atom. The summed E-state index contributed by atoms with van der Waals surface area (Å²) in [6.45, 7) is 3.91. The fourth-order valence-corrected chi connectivity index (χ4v) is 1.93. The molecule has 1 aliphatic carbocycles. The van der Waals surface area contributed by atoms with Crippen LogP contribution < -0.4 is 5.32 Å². The molecule has 0 saturated heterocycles. The van der Waals surface area contributed by atoms with Crippen LogP contribution in [0.3, 0.4) is 0 Å². The van der Waals surface area contributed by atoms with Gasteiger partial charge in [0.1, 0.15) is 5.82 Å². The van der Waals surface area contributed by atoms with Gasteiger partial charge in [-0.3, -0.25) is 0 Å². The SMILES string of the molecule is C=CCN(C(=O)Nc1c(F)cccc1C(=O)O)C1CC1. The molecule has 0 atom stereocenters. The van der Waals surface area contributed by atoms with E-state index in [0.29, 0.717) is 6.54 Å². The summed E-state index contributed by atoms with van der Waals surface area (Å²) < 4.78 is 13.7. The first-order valence-corrected chi connectivity index (χ1v) is 6.25. The largest absolute Gasteiger partial charge is 0.478 e. The third-order valence-corrected chi connectivity index (χ3v) is 3.05. The first kappa shape index (κ1) is 14.0. The summed E-state index contributed by atoms with van der Waals surface area (Å²) in [6, 6.07) is 3.25. The molecule has 1 aromatic carbocycles. The topological polar surface area (TPSA) is 69.6 Å². The van der Waals surface area contributed by atoms with E-state index < -0.39 is 17.8 Å². The number of hydrogen-bond acceptors (Lipinski definition) is 2. The first-order chi connectivity index (χ1) is 9.54. The predicted octanol–water partition coefficient (Wildman–Crippen LogP) is 2.71. The van der Waals surface area contributed by atoms with E-state index in [9.17, 15) is 14.0 Å². The van der Waals surface area contributed by atoms with Gasteiger partial charge in [0.25, 0.3) is 0 Å². The summed E-state index contributed by atoms with van der Waals surface area (Å²) in [5, 5.41) is 11.4. The molecule has 0 aromatic heterocycles. The van der Waals surface area contributed by atoms with Crippen LogP contribution in [0.5, 0.6) is 0 Å². The van der Waals surface area contributed by atoms with Crippen LogP contribution in [0.1, 0.15) is 23.2 Å². The number of benzene rings is 1. The monoisotopic (exact) mass is 278 g/mol. The van der Waals surface area contributed by atoms with Gasteiger partial charge in [0, 0.05) is 12.6 Å². The zero-order valence-electron chi connectivity index (χ0n) is 10.8. The molecule has 2 N–H and O–H groups in total. The van der Waals surface area contributed by atoms with Gasteiger partial charge >= 0.3 is 12.0 Å². The zero-order chi connectivity index (χ0) is 14.7. The summed E-state index contributed by atoms with van der Waals surface area (Å²) in [7, 11) is 0. The number of aromatic carboxylic acids is 1. The van der Waals surface area contributed by atoms with E-state index in [2.05, 4.69) is 11.9 Å². The van der Waals surface area contributed by atoms with Crippen LogP contribution in [0.2, 0.25) is 0 Å². The lowest BCUT2D eigenvalue weighted by atomic mass is 10.1. The van der Waals surface area contributed by atoms with Crippen molar-refractivity contribution in [1.82, 2.24) is 4.90 Å². The Hall–Kier alpha value is -2.37. The maximum Gasteiger partial charge on any atom is 0.337 e. The molecule has 5 nitrogen and oxygen atoms in total. The second kappa shape index (κ2) is 5.73. The van der Waals surface area contributed by atoms with Crippen LogP contribution in [-0.4, -0.2) is 34.6 Å². The third kappa shape index (κ3) is 2.96. The average molecular weight is 278 g/mol. The highest BCUT2D eigenvalue weighted by molar-refractivity contribution is 6.00. The minimum atomic E-state index is -1.29. The molecule has 0 aliphatic heterocycles. The lowest BCUT2D eigenvalue weighted by molar-refractivity contribution is 0.0697. The molecule has 106 valence electrons. The summed E-state index contributed by atoms with van der Waals surface area (Å²) in [4.78, 5) is 24.7. The van der Waals surface area contributed by atoms with Crippen LogP contribution in [-0.2, 0) is 0 Å². The van der Waals surface area contributed by atoms with Gasteiger partial charge in [0.05, 0.1) is 11.3 Å². The highest BCUT2D eigenvalue weighted by atomic mass is 19.1. The van der Waals surface area contributed by atoms with Gasteiger partial charge in [0.2, 0.25) is 0 Å². The summed E-state index contributed by atoms with van der Waals surface area (Å²) in [5.74, 6) is -2.06. The van der Waals surface area contributed by atoms with Gasteiger partial charge in [0.15, 0.2) is 0 Å². The highest BCUT2D eigenvalue weighted by Crippen LogP contribution is 2.28. The Bertz CT molecular complexity index is 555. The molecule has 20 heavy (non-hydrogen) atoms. The number of carboxylic acids is 1. The lowest BCUT2D eigenvalue weighted by Gasteiger charge is -2.21. The number of hydrogen-bond donors (Lipinski definition) is 2. The van der Waals surface area contributed by atoms with Crippen LogP contribution in [0.25, 0.3) is 0 Å². The van der Waals surface area contributed by atoms with Crippen molar-refractivity contribution in [2.24, 2.45) is 0 Å². The van der Waals surface area contributed by atoms with Crippen LogP contribution in [0.15, 0.2) is 30.9 Å². The smallest absolute Gasteiger partial charge is 0.337 e. The number of halogens is 1. The molecule has 6 heteroatoms. The van der Waals surface area contributed by atoms with Gasteiger partial charge in [-0.05, 0) is 25.0 Å². The predicted molar refractivity (Wildman–Crippen MR) is 72.3 cm³/mol. The molecule has 2 rings (SSSR count). The molecule has 1 aromatic rings. The molecule has 0 spiro atoms. The number of amides is 2. The minimum absolute atomic E-state index is 0.119. The lowest BCUT2D eigenvalue weighted by Crippen LogP contribution is -2.37. The van der Waals surface area contributed by atoms with Crippen LogP contribution >= 0.6 is 0 Å². The third-order valence-electron chi connectivity index (χ3n) is 3.05. The minimum Gasteiger partial charge on any atom is -0.478 e. The Morgan fingerprint density at radius 1 is 1.50 bits per heavy atom. The molecule has 1 saturated carbocycles. The molecule has 0 radical (unpaired) electrons. The number of para-hydroxylation sites is 1. The van der Waals surface area contributed by atoms with Crippen molar-refractivity contribution < 1.29 is 19.1 Å². The standard InChI is InChI=1S/C14H15FN2O3/c1-2-8-17(9-6-7-9)14(20)16-12-10(13(18)19)4-3-5-11(12)15/h2-5,9H,1,6-8H2,(H,16,20)(H,18,19). The fraction of sp³-hybridized carbons (Fsp3) is 0.286. The number of carbonyl (C=O) groups is 2. The van der Waals surface area contributed by atoms with Gasteiger partial charge in [-0.2, -0.15) is 0 Å². The second-order valence-electron chi connectivity index (χ2n) is 4.57. The van der Waals surface area contributed by atoms with Crippen molar-refractivity contribution in [3.8, 4) is 0 Å². The number of nitrogens with one attached hydrogen (secondary N) is 1. The van der Waals surface area contributed by atoms with Gasteiger partial charge in [-0.15, -0.1) is 6.58 Å². The Labute approximate surface area is 115 Å². The number of rotatable bonds is 5. The summed E-state index contributed by atoms with van der Waals surface area (Å²) in [6.07, 6.45) is 3.37. The molecular formula is C14H15FN2O3. The quantitative estimate of drug-likeness (QED) is 0.814. The number of carbonyl (C=O) groups excluding carboxylic acids is 1. The van der Waals surface area contributed by atoms with Gasteiger partial charge in [-0.1, -0.05) is 12.1 Å². The molecule has 0 bridgehead atoms. The number of nitrogens with zero attached hydrogens (tertiary/aromatic N) is 1. The van der Waals surface area contributed by atoms with Crippen molar-refractivity contribution in [3.05, 3.63) is 42.2 Å². The van der Waals surface area contributed by atoms with Gasteiger partial charge < -0.3 is 15.3 Å². The van der Waals surface area contributed by atoms with Crippen LogP contribution in [0.4, 0.5) is 14.9 Å². The molecule has 2 amide bonds. The fourth-order valence-electron chi connectivity index (χ4n) is 1.93. The maximum atomic E-state index is 13.7. The zero-order valence-corrected chi connectivity index (χ0v) is 10.8. The Morgan fingerprint density at radius 2 is 2.20 bits per heavy atom. The van der Waals surface area contributed by atoms with Gasteiger partial charge in [-0.25, -0.2) is 14.0 Å². The van der Waals surface area contributed by atoms with E-state index in [1.54, 1.807) is 6.08 Å². The average Bonchev–Trinajstić information content (AvgIpc) is 3.22. The number of anilines is 1. The Kier molecular flexibility index (Phi) is 4.02. The van der Waals surface area contributed by atoms with E-state index in [0.717, 1.165) is 18.9 Å². The Balaban J connectivity index is 2.22. The van der Waals surface area contributed by atoms with Crippen molar-refractivity contribution in [2.75, 3.05) is 11.9 Å². The van der Waals surface area contributed by atoms with Crippen molar-refractivity contribution in [3.63, 3.8) is 0 Å². The maximum absolute atomic E-state index is 13.7. The summed E-state index contributed by atoms with van der Waals surface area (Å²) in [5.41, 5.74) is -0.576. The van der Waals surface area contributed by atoms with E-state index in [1.165, 1.54) is 17.0 Å². The first-order valence-electron chi connectivity index (χ1n) is 6.25. The normalized spacial score (nSPS) is 13.7. The van der Waals surface area contributed by atoms with E-state index in [1.807, 2.05) is 0 Å². The van der Waals surface area contributed by atoms with Crippen molar-refractivity contribution >= 4 is 17.7 Å². The molecule has 0 unspecified atom stereocenters. The summed E-state index contributed by atoms with van der Waals surface area (Å²) >= 11 is 0. The number of urea groups is 1. The van der Waals surface area contributed by atoms with E-state index in [-0.39, 0.29) is 17.3 Å². The molecule has 0 heterocycles. The second-order valence-corrected chi connectivity index (χ2v) is 4.57. The molecule has 1 fully saturated rings. The van der Waals surface area contributed by atoms with E-state index in [4.69, 9.17) is 5.11 Å². The highest BCUT2D eigenvalue weighted by Gasteiger charge is 2.32. The molecule has 1 aliphatic rings. The van der Waals surface area contributed by atoms with Crippen LogP contribution in [0, 0.1) is 5.82 Å². The molecular weight excluding hydrogens is 263 g/mol. The van der Waals surface area contributed by atoms with Crippen molar-refractivity contribution in [1.29, 1.82) is 0 Å². The number of carboxylic acid groups (broad SMARTS) is 1. The van der Waals surface area contributed by atoms with E-state index >= 15 is 0 Å². The van der Waals surface area contributed by atoms with Crippen molar-refractivity contribution in [2.45, 2.75) is 18.9 Å².